The van der Waals surface area contributed by atoms with Crippen LogP contribution in [0.25, 0.3) is 0 Å². The average molecular weight is 218 g/mol. The van der Waals surface area contributed by atoms with E-state index in [0.717, 1.165) is 12.8 Å². The van der Waals surface area contributed by atoms with Crippen LogP contribution in [-0.2, 0) is 0 Å². The van der Waals surface area contributed by atoms with Gasteiger partial charge in [0, 0.05) is 18.1 Å². The predicted molar refractivity (Wildman–Crippen MR) is 68.3 cm³/mol. The summed E-state index contributed by atoms with van der Waals surface area (Å²) in [5.74, 6) is 0. The molecule has 0 aliphatic heterocycles. The molecule has 0 spiro atoms. The first kappa shape index (κ1) is 11.6. The van der Waals surface area contributed by atoms with Gasteiger partial charge >= 0.3 is 0 Å². The lowest BCUT2D eigenvalue weighted by atomic mass is 10.1. The molecule has 16 heavy (non-hydrogen) atoms. The van der Waals surface area contributed by atoms with E-state index < -0.39 is 0 Å². The summed E-state index contributed by atoms with van der Waals surface area (Å²) >= 11 is 0. The molecule has 1 aliphatic rings. The Balaban J connectivity index is 1.92. The molecule has 1 fully saturated rings. The van der Waals surface area contributed by atoms with Gasteiger partial charge in [-0.15, -0.1) is 0 Å². The fourth-order valence-electron chi connectivity index (χ4n) is 2.47. The summed E-state index contributed by atoms with van der Waals surface area (Å²) in [5, 5.41) is 3.66. The fraction of sp³-hybridized carbons (Fsp3) is 0.571. The lowest BCUT2D eigenvalue weighted by Crippen LogP contribution is -2.30. The Hall–Kier alpha value is -0.860. The van der Waals surface area contributed by atoms with E-state index in [1.807, 2.05) is 0 Å². The Morgan fingerprint density at radius 1 is 1.25 bits per heavy atom. The summed E-state index contributed by atoms with van der Waals surface area (Å²) in [5.41, 5.74) is 8.60. The first-order chi connectivity index (χ1) is 7.65. The minimum Gasteiger partial charge on any atom is -0.328 e. The van der Waals surface area contributed by atoms with Crippen molar-refractivity contribution >= 4 is 0 Å². The third-order valence-corrected chi connectivity index (χ3v) is 3.54. The molecule has 1 saturated carbocycles. The van der Waals surface area contributed by atoms with Crippen LogP contribution in [-0.4, -0.2) is 12.1 Å². The Morgan fingerprint density at radius 2 is 1.94 bits per heavy atom. The molecule has 2 heteroatoms. The van der Waals surface area contributed by atoms with E-state index in [1.165, 1.54) is 17.5 Å². The van der Waals surface area contributed by atoms with Crippen molar-refractivity contribution in [3.63, 3.8) is 0 Å². The quantitative estimate of drug-likeness (QED) is 0.818. The van der Waals surface area contributed by atoms with Crippen molar-refractivity contribution in [3.8, 4) is 0 Å². The minimum atomic E-state index is 0.405. The SMILES string of the molecule is Cc1ccc([C@@H](C)NC2CCC(N)C2)cc1. The van der Waals surface area contributed by atoms with Gasteiger partial charge in [0.15, 0.2) is 0 Å². The topological polar surface area (TPSA) is 38.0 Å². The summed E-state index contributed by atoms with van der Waals surface area (Å²) in [6.45, 7) is 4.35. The number of rotatable bonds is 3. The van der Waals surface area contributed by atoms with Crippen molar-refractivity contribution in [2.75, 3.05) is 0 Å². The van der Waals surface area contributed by atoms with E-state index in [1.54, 1.807) is 0 Å². The second-order valence-electron chi connectivity index (χ2n) is 5.07. The Labute approximate surface area is 98.2 Å². The van der Waals surface area contributed by atoms with Crippen LogP contribution in [0.5, 0.6) is 0 Å². The third kappa shape index (κ3) is 2.83. The van der Waals surface area contributed by atoms with Crippen LogP contribution >= 0.6 is 0 Å². The van der Waals surface area contributed by atoms with Crippen LogP contribution in [0.15, 0.2) is 24.3 Å². The molecule has 1 aromatic rings. The molecule has 3 atom stereocenters. The standard InChI is InChI=1S/C14H22N2/c1-10-3-5-12(6-4-10)11(2)16-14-8-7-13(15)9-14/h3-6,11,13-14,16H,7-9,15H2,1-2H3/t11-,13?,14?/m1/s1. The molecule has 0 radical (unpaired) electrons. The molecule has 2 unspecified atom stereocenters. The van der Waals surface area contributed by atoms with Crippen molar-refractivity contribution < 1.29 is 0 Å². The molecule has 2 nitrogen and oxygen atoms in total. The summed E-state index contributed by atoms with van der Waals surface area (Å²) in [7, 11) is 0. The number of hydrogen-bond donors (Lipinski definition) is 2. The van der Waals surface area contributed by atoms with Gasteiger partial charge in [-0.2, -0.15) is 0 Å². The van der Waals surface area contributed by atoms with Crippen LogP contribution in [0.4, 0.5) is 0 Å². The maximum Gasteiger partial charge on any atom is 0.0294 e. The maximum atomic E-state index is 5.92. The maximum absolute atomic E-state index is 5.92. The van der Waals surface area contributed by atoms with E-state index in [2.05, 4.69) is 43.4 Å². The van der Waals surface area contributed by atoms with Crippen LogP contribution in [0.2, 0.25) is 0 Å². The van der Waals surface area contributed by atoms with Gasteiger partial charge in [0.05, 0.1) is 0 Å². The van der Waals surface area contributed by atoms with Crippen molar-refractivity contribution in [1.82, 2.24) is 5.32 Å². The molecule has 0 heterocycles. The third-order valence-electron chi connectivity index (χ3n) is 3.54. The molecule has 1 aromatic carbocycles. The first-order valence-corrected chi connectivity index (χ1v) is 6.23. The molecule has 2 rings (SSSR count). The number of hydrogen-bond acceptors (Lipinski definition) is 2. The van der Waals surface area contributed by atoms with Gasteiger partial charge in [-0.1, -0.05) is 29.8 Å². The van der Waals surface area contributed by atoms with Crippen LogP contribution in [0.3, 0.4) is 0 Å². The largest absolute Gasteiger partial charge is 0.328 e. The van der Waals surface area contributed by atoms with Gasteiger partial charge < -0.3 is 11.1 Å². The first-order valence-electron chi connectivity index (χ1n) is 6.23. The smallest absolute Gasteiger partial charge is 0.0294 e. The summed E-state index contributed by atoms with van der Waals surface area (Å²) in [4.78, 5) is 0. The summed E-state index contributed by atoms with van der Waals surface area (Å²) in [6.07, 6.45) is 3.51. The van der Waals surface area contributed by atoms with Gasteiger partial charge in [-0.3, -0.25) is 0 Å². The number of benzene rings is 1. The van der Waals surface area contributed by atoms with Gasteiger partial charge in [0.1, 0.15) is 0 Å². The highest BCUT2D eigenvalue weighted by Gasteiger charge is 2.22. The van der Waals surface area contributed by atoms with Crippen molar-refractivity contribution in [2.24, 2.45) is 5.73 Å². The van der Waals surface area contributed by atoms with E-state index in [9.17, 15) is 0 Å². The second-order valence-corrected chi connectivity index (χ2v) is 5.07. The Morgan fingerprint density at radius 3 is 2.50 bits per heavy atom. The van der Waals surface area contributed by atoms with Crippen LogP contribution < -0.4 is 11.1 Å². The van der Waals surface area contributed by atoms with Gasteiger partial charge in [-0.25, -0.2) is 0 Å². The van der Waals surface area contributed by atoms with E-state index in [-0.39, 0.29) is 0 Å². The highest BCUT2D eigenvalue weighted by atomic mass is 15.0. The Bertz CT molecular complexity index is 331. The fourth-order valence-corrected chi connectivity index (χ4v) is 2.47. The monoisotopic (exact) mass is 218 g/mol. The van der Waals surface area contributed by atoms with Gasteiger partial charge in [0.2, 0.25) is 0 Å². The molecule has 0 aromatic heterocycles. The molecule has 0 saturated heterocycles. The average Bonchev–Trinajstić information content (AvgIpc) is 2.65. The molecule has 1 aliphatic carbocycles. The molecular formula is C14H22N2. The number of nitrogens with one attached hydrogen (secondary N) is 1. The lowest BCUT2D eigenvalue weighted by Gasteiger charge is -2.19. The van der Waals surface area contributed by atoms with Crippen molar-refractivity contribution in [1.29, 1.82) is 0 Å². The molecule has 0 bridgehead atoms. The Kier molecular flexibility index (Phi) is 3.62. The summed E-state index contributed by atoms with van der Waals surface area (Å²) < 4.78 is 0. The van der Waals surface area contributed by atoms with Crippen LogP contribution in [0, 0.1) is 6.92 Å². The van der Waals surface area contributed by atoms with Gasteiger partial charge in [-0.05, 0) is 38.7 Å². The second kappa shape index (κ2) is 4.98. The van der Waals surface area contributed by atoms with E-state index in [0.29, 0.717) is 18.1 Å². The highest BCUT2D eigenvalue weighted by molar-refractivity contribution is 5.23. The molecule has 0 amide bonds. The number of nitrogens with two attached hydrogens (primary N) is 1. The number of aryl methyl sites for hydroxylation is 1. The highest BCUT2D eigenvalue weighted by Crippen LogP contribution is 2.21. The zero-order valence-electron chi connectivity index (χ0n) is 10.2. The molecular weight excluding hydrogens is 196 g/mol. The zero-order chi connectivity index (χ0) is 11.5. The lowest BCUT2D eigenvalue weighted by molar-refractivity contribution is 0.457. The van der Waals surface area contributed by atoms with E-state index >= 15 is 0 Å². The molecule has 88 valence electrons. The summed E-state index contributed by atoms with van der Waals surface area (Å²) in [6, 6.07) is 10.2. The normalized spacial score (nSPS) is 26.9. The van der Waals surface area contributed by atoms with E-state index in [4.69, 9.17) is 5.73 Å². The molecule has 3 N–H and O–H groups in total. The van der Waals surface area contributed by atoms with Gasteiger partial charge in [0.25, 0.3) is 0 Å². The predicted octanol–water partition coefficient (Wildman–Crippen LogP) is 2.53. The zero-order valence-corrected chi connectivity index (χ0v) is 10.2. The van der Waals surface area contributed by atoms with Crippen LogP contribution in [0.1, 0.15) is 43.4 Å². The minimum absolute atomic E-state index is 0.405. The van der Waals surface area contributed by atoms with Crippen molar-refractivity contribution in [2.45, 2.75) is 51.2 Å². The van der Waals surface area contributed by atoms with Crippen molar-refractivity contribution in [3.05, 3.63) is 35.4 Å².